The van der Waals surface area contributed by atoms with Crippen molar-refractivity contribution in [1.29, 1.82) is 0 Å². The van der Waals surface area contributed by atoms with E-state index in [0.29, 0.717) is 23.6 Å². The number of ether oxygens (including phenoxy) is 3. The molecule has 1 fully saturated rings. The second kappa shape index (κ2) is 11.9. The number of hydrogen-bond donors (Lipinski definition) is 2. The number of esters is 2. The number of nitrogens with one attached hydrogen (secondary N) is 2. The molecule has 0 spiro atoms. The third-order valence-corrected chi connectivity index (χ3v) is 6.77. The molecular formula is C30H33N5O6. The Balaban J connectivity index is 1.56. The summed E-state index contributed by atoms with van der Waals surface area (Å²) < 4.78 is 20.0. The molecule has 2 N–H and O–H groups in total. The molecule has 41 heavy (non-hydrogen) atoms. The maximum absolute atomic E-state index is 13.3. The fourth-order valence-electron chi connectivity index (χ4n) is 4.71. The number of anilines is 1. The topological polar surface area (TPSA) is 137 Å². The first kappa shape index (κ1) is 28.0. The van der Waals surface area contributed by atoms with Gasteiger partial charge in [-0.15, -0.1) is 0 Å². The normalized spacial score (nSPS) is 20.4. The van der Waals surface area contributed by atoms with E-state index in [9.17, 15) is 14.4 Å². The maximum atomic E-state index is 13.3. The molecule has 11 heteroatoms. The van der Waals surface area contributed by atoms with Crippen LogP contribution in [0.25, 0.3) is 11.2 Å². The Morgan fingerprint density at radius 3 is 2.10 bits per heavy atom. The molecule has 2 aromatic carbocycles. The number of rotatable bonds is 9. The van der Waals surface area contributed by atoms with Crippen LogP contribution in [0.4, 0.5) is 5.95 Å². The van der Waals surface area contributed by atoms with E-state index in [1.165, 1.54) is 6.33 Å². The quantitative estimate of drug-likeness (QED) is 0.289. The van der Waals surface area contributed by atoms with Crippen molar-refractivity contribution < 1.29 is 23.8 Å². The Morgan fingerprint density at radius 2 is 1.54 bits per heavy atom. The number of H-pyrrole nitrogens is 1. The Hall–Kier alpha value is -4.51. The fourth-order valence-corrected chi connectivity index (χ4v) is 4.71. The second-order valence-corrected chi connectivity index (χ2v) is 10.7. The first-order valence-electron chi connectivity index (χ1n) is 13.6. The van der Waals surface area contributed by atoms with Crippen LogP contribution in [0.1, 0.15) is 54.6 Å². The number of benzene rings is 2. The second-order valence-electron chi connectivity index (χ2n) is 10.7. The van der Waals surface area contributed by atoms with Crippen LogP contribution < -0.4 is 10.9 Å². The molecule has 1 aliphatic rings. The molecule has 0 radical (unpaired) electrons. The van der Waals surface area contributed by atoms with Crippen LogP contribution in [0.15, 0.2) is 71.8 Å². The van der Waals surface area contributed by atoms with Crippen molar-refractivity contribution in [3.63, 3.8) is 0 Å². The lowest BCUT2D eigenvalue weighted by Gasteiger charge is -2.26. The SMILES string of the molecule is CC(C)CNc1nc2c(ncn2[C@@H]2O[C@H](C(C)C)[C@H](OC(=O)c3ccccc3)C2OC(=O)c2ccccc2)c(=O)[nH]1. The molecule has 214 valence electrons. The summed E-state index contributed by atoms with van der Waals surface area (Å²) in [5.41, 5.74) is 0.598. The van der Waals surface area contributed by atoms with E-state index < -0.39 is 42.0 Å². The highest BCUT2D eigenvalue weighted by molar-refractivity contribution is 5.90. The third-order valence-electron chi connectivity index (χ3n) is 6.77. The van der Waals surface area contributed by atoms with E-state index >= 15 is 0 Å². The lowest BCUT2D eigenvalue weighted by atomic mass is 9.99. The van der Waals surface area contributed by atoms with Crippen LogP contribution in [0.5, 0.6) is 0 Å². The van der Waals surface area contributed by atoms with Crippen molar-refractivity contribution in [3.8, 4) is 0 Å². The van der Waals surface area contributed by atoms with Crippen LogP contribution in [-0.2, 0) is 14.2 Å². The minimum atomic E-state index is -1.08. The minimum Gasteiger partial charge on any atom is -0.452 e. The molecule has 5 rings (SSSR count). The molecule has 3 heterocycles. The van der Waals surface area contributed by atoms with Crippen LogP contribution in [0.2, 0.25) is 0 Å². The predicted octanol–water partition coefficient (Wildman–Crippen LogP) is 4.19. The summed E-state index contributed by atoms with van der Waals surface area (Å²) in [5, 5.41) is 3.13. The molecule has 4 atom stereocenters. The predicted molar refractivity (Wildman–Crippen MR) is 152 cm³/mol. The number of nitrogens with zero attached hydrogens (tertiary/aromatic N) is 3. The van der Waals surface area contributed by atoms with E-state index in [0.717, 1.165) is 0 Å². The van der Waals surface area contributed by atoms with Gasteiger partial charge in [-0.05, 0) is 36.1 Å². The van der Waals surface area contributed by atoms with Crippen molar-refractivity contribution in [2.75, 3.05) is 11.9 Å². The van der Waals surface area contributed by atoms with E-state index in [1.807, 2.05) is 27.7 Å². The zero-order chi connectivity index (χ0) is 29.1. The van der Waals surface area contributed by atoms with Gasteiger partial charge in [-0.1, -0.05) is 64.1 Å². The van der Waals surface area contributed by atoms with E-state index in [2.05, 4.69) is 20.3 Å². The Kier molecular flexibility index (Phi) is 8.16. The van der Waals surface area contributed by atoms with Gasteiger partial charge in [-0.3, -0.25) is 14.3 Å². The van der Waals surface area contributed by atoms with Gasteiger partial charge in [0.1, 0.15) is 6.10 Å². The number of aromatic amines is 1. The van der Waals surface area contributed by atoms with Gasteiger partial charge < -0.3 is 19.5 Å². The van der Waals surface area contributed by atoms with Crippen molar-refractivity contribution in [2.45, 2.75) is 52.2 Å². The average molecular weight is 560 g/mol. The molecule has 0 saturated carbocycles. The number of fused-ring (bicyclic) bond motifs is 1. The summed E-state index contributed by atoms with van der Waals surface area (Å²) in [5.74, 6) is -0.713. The fraction of sp³-hybridized carbons (Fsp3) is 0.367. The highest BCUT2D eigenvalue weighted by atomic mass is 16.6. The van der Waals surface area contributed by atoms with E-state index in [1.54, 1.807) is 65.2 Å². The monoisotopic (exact) mass is 559 g/mol. The standard InChI is InChI=1S/C30H33N5O6/c1-17(2)15-31-30-33-25-21(26(36)34-30)32-16-35(25)27-24(41-29(38)20-13-9-6-10-14-20)23(22(39-27)18(3)4)40-28(37)19-11-7-5-8-12-19/h5-14,16-18,22-24,27H,15H2,1-4H3,(H2,31,33,34,36)/t22-,23+,24?,27-/m1/s1. The van der Waals surface area contributed by atoms with Gasteiger partial charge >= 0.3 is 11.9 Å². The molecule has 0 aliphatic carbocycles. The smallest absolute Gasteiger partial charge is 0.338 e. The third kappa shape index (κ3) is 5.99. The van der Waals surface area contributed by atoms with Gasteiger partial charge in [0.15, 0.2) is 29.6 Å². The average Bonchev–Trinajstić information content (AvgIpc) is 3.54. The van der Waals surface area contributed by atoms with E-state index in [4.69, 9.17) is 14.2 Å². The van der Waals surface area contributed by atoms with Crippen LogP contribution in [-0.4, -0.2) is 56.3 Å². The summed E-state index contributed by atoms with van der Waals surface area (Å²) >= 11 is 0. The van der Waals surface area contributed by atoms with Gasteiger partial charge in [0.25, 0.3) is 5.56 Å². The van der Waals surface area contributed by atoms with Gasteiger partial charge in [0, 0.05) is 6.54 Å². The van der Waals surface area contributed by atoms with Gasteiger partial charge in [-0.25, -0.2) is 14.6 Å². The van der Waals surface area contributed by atoms with Crippen LogP contribution >= 0.6 is 0 Å². The van der Waals surface area contributed by atoms with Crippen molar-refractivity contribution in [3.05, 3.63) is 88.5 Å². The molecule has 2 aromatic heterocycles. The largest absolute Gasteiger partial charge is 0.452 e. The van der Waals surface area contributed by atoms with Crippen LogP contribution in [0, 0.1) is 11.8 Å². The first-order valence-corrected chi connectivity index (χ1v) is 13.6. The Morgan fingerprint density at radius 1 is 0.951 bits per heavy atom. The summed E-state index contributed by atoms with van der Waals surface area (Å²) in [6.45, 7) is 8.52. The van der Waals surface area contributed by atoms with Crippen molar-refractivity contribution >= 4 is 29.1 Å². The van der Waals surface area contributed by atoms with E-state index in [-0.39, 0.29) is 23.0 Å². The Bertz CT molecular complexity index is 1570. The molecule has 1 unspecified atom stereocenters. The summed E-state index contributed by atoms with van der Waals surface area (Å²) in [4.78, 5) is 50.9. The molecule has 0 amide bonds. The van der Waals surface area contributed by atoms with Gasteiger partial charge in [0.05, 0.1) is 17.5 Å². The Labute approximate surface area is 236 Å². The highest BCUT2D eigenvalue weighted by Gasteiger charge is 2.52. The molecular weight excluding hydrogens is 526 g/mol. The number of carbonyl (C=O) groups excluding carboxylic acids is 2. The number of aromatic nitrogens is 4. The van der Waals surface area contributed by atoms with Gasteiger partial charge in [0.2, 0.25) is 5.95 Å². The number of imidazole rings is 1. The first-order chi connectivity index (χ1) is 19.7. The summed E-state index contributed by atoms with van der Waals surface area (Å²) in [7, 11) is 0. The molecule has 11 nitrogen and oxygen atoms in total. The number of carbonyl (C=O) groups is 2. The van der Waals surface area contributed by atoms with Crippen molar-refractivity contribution in [1.82, 2.24) is 19.5 Å². The lowest BCUT2D eigenvalue weighted by molar-refractivity contribution is -0.0554. The van der Waals surface area contributed by atoms with Gasteiger partial charge in [-0.2, -0.15) is 4.98 Å². The zero-order valence-corrected chi connectivity index (χ0v) is 23.3. The molecule has 4 aromatic rings. The maximum Gasteiger partial charge on any atom is 0.338 e. The molecule has 0 bridgehead atoms. The lowest BCUT2D eigenvalue weighted by Crippen LogP contribution is -2.41. The zero-order valence-electron chi connectivity index (χ0n) is 23.3. The van der Waals surface area contributed by atoms with Crippen molar-refractivity contribution in [2.24, 2.45) is 11.8 Å². The molecule has 1 saturated heterocycles. The van der Waals surface area contributed by atoms with Crippen LogP contribution in [0.3, 0.4) is 0 Å². The highest BCUT2D eigenvalue weighted by Crippen LogP contribution is 2.39. The molecule has 1 aliphatic heterocycles. The summed E-state index contributed by atoms with van der Waals surface area (Å²) in [6.07, 6.45) is -2.24. The number of hydrogen-bond acceptors (Lipinski definition) is 9. The minimum absolute atomic E-state index is 0.0997. The summed E-state index contributed by atoms with van der Waals surface area (Å²) in [6, 6.07) is 17.1.